The van der Waals surface area contributed by atoms with Crippen molar-refractivity contribution in [3.63, 3.8) is 0 Å². The molecule has 1 aromatic rings. The van der Waals surface area contributed by atoms with Crippen LogP contribution in [-0.2, 0) is 0 Å². The third-order valence-electron chi connectivity index (χ3n) is 2.86. The molecule has 2 rings (SSSR count). The highest BCUT2D eigenvalue weighted by Crippen LogP contribution is 2.32. The van der Waals surface area contributed by atoms with Gasteiger partial charge >= 0.3 is 0 Å². The average molecular weight is 223 g/mol. The van der Waals surface area contributed by atoms with Crippen LogP contribution < -0.4 is 9.64 Å². The second-order valence-electron chi connectivity index (χ2n) is 4.15. The summed E-state index contributed by atoms with van der Waals surface area (Å²) in [4.78, 5) is 2.01. The molecule has 0 aromatic heterocycles. The number of likely N-dealkylation sites (N-methyl/N-ethyl adjacent to an activating group) is 1. The third kappa shape index (κ3) is 1.99. The Morgan fingerprint density at radius 1 is 1.44 bits per heavy atom. The molecular weight excluding hydrogens is 206 g/mol. The first kappa shape index (κ1) is 11.2. The summed E-state index contributed by atoms with van der Waals surface area (Å²) in [5.74, 6) is 0.758. The first-order chi connectivity index (χ1) is 7.68. The number of benzene rings is 1. The van der Waals surface area contributed by atoms with Crippen molar-refractivity contribution in [3.05, 3.63) is 24.3 Å². The zero-order valence-electron chi connectivity index (χ0n) is 9.39. The molecule has 1 atom stereocenters. The van der Waals surface area contributed by atoms with E-state index < -0.39 is 5.60 Å². The van der Waals surface area contributed by atoms with E-state index in [1.165, 1.54) is 0 Å². The van der Waals surface area contributed by atoms with Gasteiger partial charge in [0, 0.05) is 6.54 Å². The Labute approximate surface area is 95.1 Å². The van der Waals surface area contributed by atoms with Gasteiger partial charge in [0.05, 0.1) is 18.8 Å². The van der Waals surface area contributed by atoms with E-state index in [2.05, 4.69) is 0 Å². The van der Waals surface area contributed by atoms with Crippen molar-refractivity contribution >= 4 is 5.69 Å². The quantitative estimate of drug-likeness (QED) is 0.772. The molecule has 1 aliphatic rings. The lowest BCUT2D eigenvalue weighted by Gasteiger charge is -2.29. The van der Waals surface area contributed by atoms with Gasteiger partial charge in [0.15, 0.2) is 0 Å². The number of aliphatic hydroxyl groups is 2. The van der Waals surface area contributed by atoms with Crippen LogP contribution in [0.3, 0.4) is 0 Å². The maximum Gasteiger partial charge on any atom is 0.142 e. The number of aliphatic hydroxyl groups excluding tert-OH is 1. The number of ether oxygens (including phenoxy) is 1. The van der Waals surface area contributed by atoms with E-state index >= 15 is 0 Å². The van der Waals surface area contributed by atoms with Crippen molar-refractivity contribution in [2.24, 2.45) is 0 Å². The van der Waals surface area contributed by atoms with Crippen molar-refractivity contribution in [3.8, 4) is 5.75 Å². The number of para-hydroxylation sites is 2. The molecule has 2 N–H and O–H groups in total. The average Bonchev–Trinajstić information content (AvgIpc) is 2.48. The lowest BCUT2D eigenvalue weighted by molar-refractivity contribution is -0.0374. The van der Waals surface area contributed by atoms with Gasteiger partial charge in [-0.05, 0) is 19.1 Å². The van der Waals surface area contributed by atoms with Crippen molar-refractivity contribution in [1.82, 2.24) is 0 Å². The molecule has 0 spiro atoms. The molecule has 0 fully saturated rings. The Balaban J connectivity index is 2.34. The van der Waals surface area contributed by atoms with Gasteiger partial charge in [0.2, 0.25) is 0 Å². The molecule has 1 unspecified atom stereocenters. The van der Waals surface area contributed by atoms with Crippen LogP contribution in [0.1, 0.15) is 6.92 Å². The van der Waals surface area contributed by atoms with Gasteiger partial charge in [-0.1, -0.05) is 12.1 Å². The third-order valence-corrected chi connectivity index (χ3v) is 2.86. The first-order valence-corrected chi connectivity index (χ1v) is 5.48. The normalized spacial score (nSPS) is 24.6. The zero-order valence-corrected chi connectivity index (χ0v) is 9.39. The molecule has 0 bridgehead atoms. The largest absolute Gasteiger partial charge is 0.488 e. The highest BCUT2D eigenvalue weighted by Gasteiger charge is 2.33. The lowest BCUT2D eigenvalue weighted by atomic mass is 10.1. The van der Waals surface area contributed by atoms with Gasteiger partial charge in [-0.15, -0.1) is 0 Å². The van der Waals surface area contributed by atoms with Gasteiger partial charge in [-0.3, -0.25) is 0 Å². The minimum absolute atomic E-state index is 0.122. The zero-order chi connectivity index (χ0) is 11.6. The van der Waals surface area contributed by atoms with E-state index in [1.807, 2.05) is 36.1 Å². The Morgan fingerprint density at radius 3 is 2.88 bits per heavy atom. The van der Waals surface area contributed by atoms with Crippen LogP contribution in [-0.4, -0.2) is 42.1 Å². The fourth-order valence-corrected chi connectivity index (χ4v) is 1.92. The molecule has 0 saturated heterocycles. The van der Waals surface area contributed by atoms with Crippen molar-refractivity contribution in [2.45, 2.75) is 12.5 Å². The number of fused-ring (bicyclic) bond motifs is 1. The molecule has 0 amide bonds. The summed E-state index contributed by atoms with van der Waals surface area (Å²) < 4.78 is 5.54. The summed E-state index contributed by atoms with van der Waals surface area (Å²) >= 11 is 0. The van der Waals surface area contributed by atoms with Crippen LogP contribution in [0.25, 0.3) is 0 Å². The van der Waals surface area contributed by atoms with Crippen molar-refractivity contribution in [2.75, 3.05) is 31.2 Å². The number of hydrogen-bond donors (Lipinski definition) is 2. The summed E-state index contributed by atoms with van der Waals surface area (Å²) in [6.07, 6.45) is 0. The summed E-state index contributed by atoms with van der Waals surface area (Å²) in [7, 11) is 0. The van der Waals surface area contributed by atoms with E-state index in [0.29, 0.717) is 6.54 Å². The van der Waals surface area contributed by atoms with Gasteiger partial charge in [0.25, 0.3) is 0 Å². The highest BCUT2D eigenvalue weighted by atomic mass is 16.5. The van der Waals surface area contributed by atoms with Gasteiger partial charge < -0.3 is 19.8 Å². The van der Waals surface area contributed by atoms with Crippen LogP contribution in [0.4, 0.5) is 5.69 Å². The number of β-amino-alcohol motifs (C(OH)–C–C–N with tert-alkyl or cyclic N) is 1. The monoisotopic (exact) mass is 223 g/mol. The molecule has 1 aromatic carbocycles. The lowest BCUT2D eigenvalue weighted by Crippen LogP contribution is -2.48. The fourth-order valence-electron chi connectivity index (χ4n) is 1.92. The maximum absolute atomic E-state index is 10.1. The van der Waals surface area contributed by atoms with E-state index in [4.69, 9.17) is 4.74 Å². The van der Waals surface area contributed by atoms with E-state index in [0.717, 1.165) is 18.0 Å². The fraction of sp³-hybridized carbons (Fsp3) is 0.500. The van der Waals surface area contributed by atoms with Crippen molar-refractivity contribution in [1.29, 1.82) is 0 Å². The predicted octanol–water partition coefficient (Wildman–Crippen LogP) is 0.629. The van der Waals surface area contributed by atoms with Crippen LogP contribution in [0, 0.1) is 0 Å². The maximum atomic E-state index is 10.1. The molecule has 4 nitrogen and oxygen atoms in total. The number of nitrogens with zero attached hydrogens (tertiary/aromatic N) is 1. The Bertz CT molecular complexity index is 369. The Hall–Kier alpha value is -1.26. The SMILES string of the molecule is CCN1CC(O)(CO)COc2ccccc21. The summed E-state index contributed by atoms with van der Waals surface area (Å²) in [6.45, 7) is 2.99. The van der Waals surface area contributed by atoms with Gasteiger partial charge in [-0.25, -0.2) is 0 Å². The second-order valence-corrected chi connectivity index (χ2v) is 4.15. The van der Waals surface area contributed by atoms with Crippen LogP contribution in [0.2, 0.25) is 0 Å². The smallest absolute Gasteiger partial charge is 0.142 e. The number of anilines is 1. The number of rotatable bonds is 2. The molecule has 0 aliphatic carbocycles. The molecule has 1 heterocycles. The van der Waals surface area contributed by atoms with Crippen LogP contribution >= 0.6 is 0 Å². The van der Waals surface area contributed by atoms with E-state index in [-0.39, 0.29) is 13.2 Å². The molecule has 0 saturated carbocycles. The topological polar surface area (TPSA) is 52.9 Å². The van der Waals surface area contributed by atoms with Crippen molar-refractivity contribution < 1.29 is 14.9 Å². The first-order valence-electron chi connectivity index (χ1n) is 5.48. The highest BCUT2D eigenvalue weighted by molar-refractivity contribution is 5.59. The summed E-state index contributed by atoms with van der Waals surface area (Å²) in [5.41, 5.74) is -0.218. The van der Waals surface area contributed by atoms with E-state index in [1.54, 1.807) is 0 Å². The number of hydrogen-bond acceptors (Lipinski definition) is 4. The van der Waals surface area contributed by atoms with Gasteiger partial charge in [0.1, 0.15) is 18.0 Å². The molecule has 4 heteroatoms. The molecular formula is C12H17NO3. The Kier molecular flexibility index (Phi) is 3.03. The standard InChI is InChI=1S/C12H17NO3/c1-2-13-7-12(15,8-14)9-16-11-6-4-3-5-10(11)13/h3-6,14-15H,2,7-9H2,1H3. The van der Waals surface area contributed by atoms with Gasteiger partial charge in [-0.2, -0.15) is 0 Å². The molecule has 1 aliphatic heterocycles. The molecule has 88 valence electrons. The van der Waals surface area contributed by atoms with Crippen LogP contribution in [0.5, 0.6) is 5.75 Å². The molecule has 16 heavy (non-hydrogen) atoms. The van der Waals surface area contributed by atoms with E-state index in [9.17, 15) is 10.2 Å². The summed E-state index contributed by atoms with van der Waals surface area (Å²) in [6, 6.07) is 7.67. The molecule has 0 radical (unpaired) electrons. The second kappa shape index (κ2) is 4.31. The minimum Gasteiger partial charge on any atom is -0.488 e. The summed E-state index contributed by atoms with van der Waals surface area (Å²) in [5, 5.41) is 19.3. The predicted molar refractivity (Wildman–Crippen MR) is 61.9 cm³/mol. The Morgan fingerprint density at radius 2 is 2.19 bits per heavy atom. The minimum atomic E-state index is -1.19. The van der Waals surface area contributed by atoms with Crippen LogP contribution in [0.15, 0.2) is 24.3 Å².